The van der Waals surface area contributed by atoms with Crippen molar-refractivity contribution in [3.05, 3.63) is 48.3 Å². The summed E-state index contributed by atoms with van der Waals surface area (Å²) in [6, 6.07) is 12.9. The smallest absolute Gasteiger partial charge is 0.179 e. The molecule has 0 atom stereocenters. The van der Waals surface area contributed by atoms with E-state index in [1.165, 1.54) is 13.2 Å². The molecule has 0 spiro atoms. The Hall–Kier alpha value is -2.14. The Labute approximate surface area is 141 Å². The lowest BCUT2D eigenvalue weighted by Crippen LogP contribution is -2.37. The van der Waals surface area contributed by atoms with E-state index in [-0.39, 0.29) is 11.2 Å². The van der Waals surface area contributed by atoms with Crippen LogP contribution in [0, 0.1) is 11.2 Å². The first-order valence-corrected chi connectivity index (χ1v) is 7.73. The van der Waals surface area contributed by atoms with Crippen LogP contribution in [0.5, 0.6) is 5.75 Å². The zero-order valence-corrected chi connectivity index (χ0v) is 14.6. The van der Waals surface area contributed by atoms with E-state index in [0.717, 1.165) is 11.1 Å². The van der Waals surface area contributed by atoms with Crippen molar-refractivity contribution in [2.75, 3.05) is 12.5 Å². The third kappa shape index (κ3) is 4.20. The van der Waals surface area contributed by atoms with E-state index in [2.05, 4.69) is 10.9 Å². The van der Waals surface area contributed by atoms with E-state index in [1.54, 1.807) is 0 Å². The van der Waals surface area contributed by atoms with Gasteiger partial charge < -0.3 is 4.74 Å². The van der Waals surface area contributed by atoms with Crippen LogP contribution in [0.15, 0.2) is 42.5 Å². The van der Waals surface area contributed by atoms with Crippen LogP contribution in [0.4, 0.5) is 10.1 Å². The lowest BCUT2D eigenvalue weighted by atomic mass is 9.97. The van der Waals surface area contributed by atoms with E-state index in [0.29, 0.717) is 10.7 Å². The summed E-state index contributed by atoms with van der Waals surface area (Å²) < 4.78 is 19.5. The number of rotatable bonds is 4. The molecule has 0 saturated heterocycles. The molecule has 0 aliphatic heterocycles. The summed E-state index contributed by atoms with van der Waals surface area (Å²) in [7, 11) is 1.44. The fourth-order valence-electron chi connectivity index (χ4n) is 2.00. The molecule has 0 amide bonds. The maximum absolute atomic E-state index is 14.3. The fourth-order valence-corrected chi connectivity index (χ4v) is 2.05. The SMILES string of the molecule is COc1c(F)cc(-c2ccccc2)cc1NNC(=S)C(C)(C)C. The van der Waals surface area contributed by atoms with Gasteiger partial charge >= 0.3 is 0 Å². The number of anilines is 1. The van der Waals surface area contributed by atoms with Crippen molar-refractivity contribution in [3.8, 4) is 16.9 Å². The van der Waals surface area contributed by atoms with Crippen LogP contribution in [-0.2, 0) is 0 Å². The third-order valence-electron chi connectivity index (χ3n) is 3.35. The number of thiocarbonyl (C=S) groups is 1. The van der Waals surface area contributed by atoms with Crippen molar-refractivity contribution < 1.29 is 9.13 Å². The molecular formula is C18H21FN2OS. The van der Waals surface area contributed by atoms with Crippen LogP contribution >= 0.6 is 12.2 Å². The van der Waals surface area contributed by atoms with E-state index in [4.69, 9.17) is 17.0 Å². The molecule has 122 valence electrons. The molecule has 0 aliphatic rings. The standard InChI is InChI=1S/C18H21FN2OS/c1-18(2,3)17(23)21-20-15-11-13(10-14(19)16(15)22-4)12-8-6-5-7-9-12/h5-11,20H,1-4H3,(H,21,23). The minimum absolute atomic E-state index is 0.147. The maximum atomic E-state index is 14.3. The van der Waals surface area contributed by atoms with Gasteiger partial charge in [0.15, 0.2) is 11.6 Å². The lowest BCUT2D eigenvalue weighted by molar-refractivity contribution is 0.388. The number of hydrogen-bond donors (Lipinski definition) is 2. The number of benzene rings is 2. The minimum Gasteiger partial charge on any atom is -0.492 e. The Morgan fingerprint density at radius 1 is 1.09 bits per heavy atom. The van der Waals surface area contributed by atoms with Crippen molar-refractivity contribution in [1.29, 1.82) is 0 Å². The van der Waals surface area contributed by atoms with Gasteiger partial charge in [-0.15, -0.1) is 0 Å². The molecule has 23 heavy (non-hydrogen) atoms. The number of halogens is 1. The number of ether oxygens (including phenoxy) is 1. The van der Waals surface area contributed by atoms with E-state index in [1.807, 2.05) is 57.2 Å². The Balaban J connectivity index is 2.34. The molecule has 2 aromatic carbocycles. The molecule has 2 aromatic rings. The van der Waals surface area contributed by atoms with Crippen molar-refractivity contribution in [1.82, 2.24) is 5.43 Å². The summed E-state index contributed by atoms with van der Waals surface area (Å²) in [5.41, 5.74) is 7.91. The molecule has 0 fully saturated rings. The molecule has 3 nitrogen and oxygen atoms in total. The van der Waals surface area contributed by atoms with Gasteiger partial charge in [0.05, 0.1) is 17.8 Å². The minimum atomic E-state index is -0.431. The van der Waals surface area contributed by atoms with E-state index < -0.39 is 5.82 Å². The highest BCUT2D eigenvalue weighted by atomic mass is 32.1. The summed E-state index contributed by atoms with van der Waals surface area (Å²) >= 11 is 5.32. The molecule has 0 radical (unpaired) electrons. The second-order valence-corrected chi connectivity index (χ2v) is 6.64. The van der Waals surface area contributed by atoms with Crippen LogP contribution in [0.1, 0.15) is 20.8 Å². The summed E-state index contributed by atoms with van der Waals surface area (Å²) in [4.78, 5) is 0.630. The number of methoxy groups -OCH3 is 1. The van der Waals surface area contributed by atoms with Crippen molar-refractivity contribution >= 4 is 22.9 Å². The van der Waals surface area contributed by atoms with Gasteiger partial charge in [-0.05, 0) is 23.3 Å². The topological polar surface area (TPSA) is 33.3 Å². The Kier molecular flexibility index (Phi) is 5.21. The molecule has 0 aromatic heterocycles. The van der Waals surface area contributed by atoms with Crippen molar-refractivity contribution in [2.24, 2.45) is 5.41 Å². The summed E-state index contributed by atoms with van der Waals surface area (Å²) in [6.45, 7) is 6.01. The first kappa shape index (κ1) is 17.2. The summed E-state index contributed by atoms with van der Waals surface area (Å²) in [6.07, 6.45) is 0. The van der Waals surface area contributed by atoms with Crippen molar-refractivity contribution in [3.63, 3.8) is 0 Å². The summed E-state index contributed by atoms with van der Waals surface area (Å²) in [5.74, 6) is -0.284. The Bertz CT molecular complexity index is 696. The van der Waals surface area contributed by atoms with Gasteiger partial charge in [-0.1, -0.05) is 63.3 Å². The zero-order valence-electron chi connectivity index (χ0n) is 13.7. The molecule has 2 rings (SSSR count). The fraction of sp³-hybridized carbons (Fsp3) is 0.278. The number of hydrazine groups is 1. The van der Waals surface area contributed by atoms with Gasteiger partial charge in [-0.3, -0.25) is 10.9 Å². The highest BCUT2D eigenvalue weighted by Gasteiger charge is 2.18. The van der Waals surface area contributed by atoms with Gasteiger partial charge in [0.1, 0.15) is 0 Å². The second-order valence-electron chi connectivity index (χ2n) is 6.23. The first-order valence-electron chi connectivity index (χ1n) is 7.32. The van der Waals surface area contributed by atoms with Crippen molar-refractivity contribution in [2.45, 2.75) is 20.8 Å². The van der Waals surface area contributed by atoms with E-state index in [9.17, 15) is 4.39 Å². The average molecular weight is 332 g/mol. The Morgan fingerprint density at radius 2 is 1.74 bits per heavy atom. The molecule has 0 aliphatic carbocycles. The molecule has 2 N–H and O–H groups in total. The predicted molar refractivity (Wildman–Crippen MR) is 97.2 cm³/mol. The predicted octanol–water partition coefficient (Wildman–Crippen LogP) is 4.79. The Morgan fingerprint density at radius 3 is 2.30 bits per heavy atom. The van der Waals surface area contributed by atoms with E-state index >= 15 is 0 Å². The number of hydrogen-bond acceptors (Lipinski definition) is 3. The van der Waals surface area contributed by atoms with Gasteiger partial charge in [-0.2, -0.15) is 0 Å². The van der Waals surface area contributed by atoms with Gasteiger partial charge in [0, 0.05) is 5.41 Å². The molecular weight excluding hydrogens is 311 g/mol. The highest BCUT2D eigenvalue weighted by molar-refractivity contribution is 7.80. The monoisotopic (exact) mass is 332 g/mol. The molecule has 0 saturated carbocycles. The molecule has 0 bridgehead atoms. The number of nitrogens with one attached hydrogen (secondary N) is 2. The second kappa shape index (κ2) is 6.96. The van der Waals surface area contributed by atoms with Crippen LogP contribution in [-0.4, -0.2) is 12.1 Å². The third-order valence-corrected chi connectivity index (χ3v) is 4.06. The lowest BCUT2D eigenvalue weighted by Gasteiger charge is -2.23. The highest BCUT2D eigenvalue weighted by Crippen LogP contribution is 2.33. The van der Waals surface area contributed by atoms with Crippen LogP contribution in [0.3, 0.4) is 0 Å². The van der Waals surface area contributed by atoms with Crippen LogP contribution < -0.4 is 15.6 Å². The van der Waals surface area contributed by atoms with Gasteiger partial charge in [0.2, 0.25) is 0 Å². The van der Waals surface area contributed by atoms with Crippen LogP contribution in [0.25, 0.3) is 11.1 Å². The quantitative estimate of drug-likeness (QED) is 0.623. The molecule has 5 heteroatoms. The normalized spacial score (nSPS) is 11.0. The maximum Gasteiger partial charge on any atom is 0.179 e. The first-order chi connectivity index (χ1) is 10.8. The van der Waals surface area contributed by atoms with Crippen LogP contribution in [0.2, 0.25) is 0 Å². The molecule has 0 unspecified atom stereocenters. The van der Waals surface area contributed by atoms with Gasteiger partial charge in [-0.25, -0.2) is 4.39 Å². The summed E-state index contributed by atoms with van der Waals surface area (Å²) in [5, 5.41) is 0. The zero-order chi connectivity index (χ0) is 17.0. The average Bonchev–Trinajstić information content (AvgIpc) is 2.52. The largest absolute Gasteiger partial charge is 0.492 e. The molecule has 0 heterocycles. The van der Waals surface area contributed by atoms with Gasteiger partial charge in [0.25, 0.3) is 0 Å².